The second-order valence-corrected chi connectivity index (χ2v) is 5.78. The van der Waals surface area contributed by atoms with Crippen molar-refractivity contribution in [3.05, 3.63) is 0 Å². The molecule has 0 saturated carbocycles. The van der Waals surface area contributed by atoms with Gasteiger partial charge in [-0.25, -0.2) is 0 Å². The number of piperazine rings is 2. The second kappa shape index (κ2) is 8.00. The summed E-state index contributed by atoms with van der Waals surface area (Å²) in [5.41, 5.74) is 0. The van der Waals surface area contributed by atoms with E-state index in [2.05, 4.69) is 10.6 Å². The molecule has 2 N–H and O–H groups in total. The van der Waals surface area contributed by atoms with Gasteiger partial charge in [0.2, 0.25) is 23.6 Å². The summed E-state index contributed by atoms with van der Waals surface area (Å²) < 4.78 is 0. The molecule has 0 aromatic carbocycles. The van der Waals surface area contributed by atoms with E-state index in [4.69, 9.17) is 0 Å². The molecule has 0 aliphatic carbocycles. The first kappa shape index (κ1) is 16.6. The van der Waals surface area contributed by atoms with E-state index in [0.717, 1.165) is 38.8 Å². The number of hydrogen-bond donors (Lipinski definition) is 2. The van der Waals surface area contributed by atoms with Crippen LogP contribution in [0.15, 0.2) is 0 Å². The molecule has 0 aromatic rings. The Morgan fingerprint density at radius 2 is 0.909 bits per heavy atom. The van der Waals surface area contributed by atoms with Gasteiger partial charge in [-0.1, -0.05) is 12.8 Å². The summed E-state index contributed by atoms with van der Waals surface area (Å²) in [4.78, 5) is 48.5. The molecular weight excluding hydrogens is 288 g/mol. The van der Waals surface area contributed by atoms with Crippen molar-refractivity contribution in [2.24, 2.45) is 0 Å². The first-order valence-electron chi connectivity index (χ1n) is 7.63. The Balaban J connectivity index is 1.52. The SMILES string of the molecule is O=C1CN(CCCCCCN2CC(=O)NC(=O)C2)CC(=O)N1. The molecule has 2 saturated heterocycles. The van der Waals surface area contributed by atoms with Crippen LogP contribution >= 0.6 is 0 Å². The summed E-state index contributed by atoms with van der Waals surface area (Å²) in [6.07, 6.45) is 3.86. The van der Waals surface area contributed by atoms with Crippen molar-refractivity contribution < 1.29 is 19.2 Å². The number of unbranched alkanes of at least 4 members (excludes halogenated alkanes) is 3. The van der Waals surface area contributed by atoms with Crippen molar-refractivity contribution in [1.82, 2.24) is 20.4 Å². The Kier molecular flexibility index (Phi) is 6.02. The van der Waals surface area contributed by atoms with Crippen LogP contribution in [0.3, 0.4) is 0 Å². The minimum Gasteiger partial charge on any atom is -0.294 e. The van der Waals surface area contributed by atoms with E-state index >= 15 is 0 Å². The topological polar surface area (TPSA) is 98.8 Å². The van der Waals surface area contributed by atoms with Crippen molar-refractivity contribution in [1.29, 1.82) is 0 Å². The molecule has 2 aliphatic heterocycles. The third kappa shape index (κ3) is 5.53. The predicted molar refractivity (Wildman–Crippen MR) is 77.6 cm³/mol. The van der Waals surface area contributed by atoms with E-state index in [1.165, 1.54) is 0 Å². The smallest absolute Gasteiger partial charge is 0.240 e. The number of carbonyl (C=O) groups excluding carboxylic acids is 4. The lowest BCUT2D eigenvalue weighted by atomic mass is 10.1. The molecule has 0 aromatic heterocycles. The van der Waals surface area contributed by atoms with Crippen LogP contribution in [-0.4, -0.2) is 72.7 Å². The van der Waals surface area contributed by atoms with Crippen LogP contribution in [0.4, 0.5) is 0 Å². The lowest BCUT2D eigenvalue weighted by molar-refractivity contribution is -0.137. The van der Waals surface area contributed by atoms with Gasteiger partial charge in [-0.05, 0) is 25.9 Å². The number of hydrogen-bond acceptors (Lipinski definition) is 6. The Morgan fingerprint density at radius 1 is 0.591 bits per heavy atom. The third-order valence-corrected chi connectivity index (χ3v) is 3.73. The van der Waals surface area contributed by atoms with Gasteiger partial charge >= 0.3 is 0 Å². The van der Waals surface area contributed by atoms with Crippen molar-refractivity contribution in [3.8, 4) is 0 Å². The van der Waals surface area contributed by atoms with Gasteiger partial charge < -0.3 is 0 Å². The summed E-state index contributed by atoms with van der Waals surface area (Å²) >= 11 is 0. The molecule has 0 unspecified atom stereocenters. The summed E-state index contributed by atoms with van der Waals surface area (Å²) in [6, 6.07) is 0. The first-order chi connectivity index (χ1) is 10.5. The van der Waals surface area contributed by atoms with Crippen molar-refractivity contribution in [3.63, 3.8) is 0 Å². The lowest BCUT2D eigenvalue weighted by Gasteiger charge is -2.25. The van der Waals surface area contributed by atoms with Crippen LogP contribution in [0.1, 0.15) is 25.7 Å². The highest BCUT2D eigenvalue weighted by atomic mass is 16.2. The van der Waals surface area contributed by atoms with Crippen LogP contribution in [-0.2, 0) is 19.2 Å². The fraction of sp³-hybridized carbons (Fsp3) is 0.714. The highest BCUT2D eigenvalue weighted by molar-refractivity contribution is 5.99. The van der Waals surface area contributed by atoms with Crippen LogP contribution < -0.4 is 10.6 Å². The van der Waals surface area contributed by atoms with E-state index in [1.54, 1.807) is 0 Å². The monoisotopic (exact) mass is 310 g/mol. The maximum Gasteiger partial charge on any atom is 0.240 e. The number of nitrogens with zero attached hydrogens (tertiary/aromatic N) is 2. The molecule has 8 heteroatoms. The van der Waals surface area contributed by atoms with Crippen LogP contribution in [0, 0.1) is 0 Å². The summed E-state index contributed by atoms with van der Waals surface area (Å²) in [5, 5.41) is 4.56. The second-order valence-electron chi connectivity index (χ2n) is 5.78. The van der Waals surface area contributed by atoms with Crippen molar-refractivity contribution in [2.45, 2.75) is 25.7 Å². The zero-order chi connectivity index (χ0) is 15.9. The van der Waals surface area contributed by atoms with Crippen molar-refractivity contribution >= 4 is 23.6 Å². The average molecular weight is 310 g/mol. The Bertz CT molecular complexity index is 392. The minimum atomic E-state index is -0.232. The third-order valence-electron chi connectivity index (χ3n) is 3.73. The van der Waals surface area contributed by atoms with E-state index in [9.17, 15) is 19.2 Å². The van der Waals surface area contributed by atoms with Gasteiger partial charge in [0.25, 0.3) is 0 Å². The Labute approximate surface area is 129 Å². The average Bonchev–Trinajstić information content (AvgIpc) is 2.40. The molecule has 0 atom stereocenters. The largest absolute Gasteiger partial charge is 0.294 e. The molecule has 122 valence electrons. The normalized spacial score (nSPS) is 20.9. The zero-order valence-corrected chi connectivity index (χ0v) is 12.6. The quantitative estimate of drug-likeness (QED) is 0.437. The number of nitrogens with one attached hydrogen (secondary N) is 2. The molecular formula is C14H22N4O4. The molecule has 4 amide bonds. The number of amides is 4. The molecule has 8 nitrogen and oxygen atoms in total. The van der Waals surface area contributed by atoms with Gasteiger partial charge in [0, 0.05) is 0 Å². The van der Waals surface area contributed by atoms with E-state index in [1.807, 2.05) is 9.80 Å². The van der Waals surface area contributed by atoms with E-state index < -0.39 is 0 Å². The van der Waals surface area contributed by atoms with Gasteiger partial charge in [-0.2, -0.15) is 0 Å². The van der Waals surface area contributed by atoms with E-state index in [-0.39, 0.29) is 49.8 Å². The first-order valence-corrected chi connectivity index (χ1v) is 7.63. The van der Waals surface area contributed by atoms with Gasteiger partial charge in [-0.3, -0.25) is 39.6 Å². The highest BCUT2D eigenvalue weighted by Gasteiger charge is 2.22. The Hall–Kier alpha value is -1.80. The van der Waals surface area contributed by atoms with Crippen LogP contribution in [0.5, 0.6) is 0 Å². The Morgan fingerprint density at radius 3 is 1.23 bits per heavy atom. The summed E-state index contributed by atoms with van der Waals surface area (Å²) in [6.45, 7) is 2.63. The molecule has 22 heavy (non-hydrogen) atoms. The molecule has 2 heterocycles. The fourth-order valence-electron chi connectivity index (χ4n) is 2.73. The predicted octanol–water partition coefficient (Wildman–Crippen LogP) is -1.54. The molecule has 0 bridgehead atoms. The fourth-order valence-corrected chi connectivity index (χ4v) is 2.73. The van der Waals surface area contributed by atoms with Crippen molar-refractivity contribution in [2.75, 3.05) is 39.3 Å². The lowest BCUT2D eigenvalue weighted by Crippen LogP contribution is -2.51. The molecule has 2 aliphatic rings. The maximum absolute atomic E-state index is 11.2. The van der Waals surface area contributed by atoms with Gasteiger partial charge in [0.05, 0.1) is 26.2 Å². The highest BCUT2D eigenvalue weighted by Crippen LogP contribution is 2.05. The maximum atomic E-state index is 11.2. The molecule has 2 fully saturated rings. The van der Waals surface area contributed by atoms with Gasteiger partial charge in [0.1, 0.15) is 0 Å². The number of carbonyl (C=O) groups is 4. The van der Waals surface area contributed by atoms with E-state index in [0.29, 0.717) is 0 Å². The summed E-state index contributed by atoms with van der Waals surface area (Å²) in [7, 11) is 0. The number of rotatable bonds is 7. The standard InChI is InChI=1S/C14H22N4O4/c19-11-7-17(8-12(20)15-11)5-3-1-2-4-6-18-9-13(21)16-14(22)10-18/h1-10H2,(H,15,19,20)(H,16,21,22). The van der Waals surface area contributed by atoms with Gasteiger partial charge in [-0.15, -0.1) is 0 Å². The molecule has 2 rings (SSSR count). The minimum absolute atomic E-state index is 0.232. The van der Waals surface area contributed by atoms with Crippen LogP contribution in [0.25, 0.3) is 0 Å². The van der Waals surface area contributed by atoms with Gasteiger partial charge in [0.15, 0.2) is 0 Å². The van der Waals surface area contributed by atoms with Crippen LogP contribution in [0.2, 0.25) is 0 Å². The summed E-state index contributed by atoms with van der Waals surface area (Å²) in [5.74, 6) is -0.929. The molecule has 0 spiro atoms. The number of imide groups is 2. The zero-order valence-electron chi connectivity index (χ0n) is 12.6. The molecule has 0 radical (unpaired) electrons.